The molecular weight excluding hydrogens is 342 g/mol. The van der Waals surface area contributed by atoms with Gasteiger partial charge in [-0.25, -0.2) is 9.67 Å². The van der Waals surface area contributed by atoms with Gasteiger partial charge in [-0.15, -0.1) is 16.4 Å². The first-order chi connectivity index (χ1) is 11.9. The molecule has 1 fully saturated rings. The van der Waals surface area contributed by atoms with Gasteiger partial charge in [-0.1, -0.05) is 42.1 Å². The van der Waals surface area contributed by atoms with Gasteiger partial charge in [-0.3, -0.25) is 0 Å². The summed E-state index contributed by atoms with van der Waals surface area (Å²) in [5.74, 6) is 0.759. The van der Waals surface area contributed by atoms with E-state index in [4.69, 9.17) is 9.72 Å². The van der Waals surface area contributed by atoms with Gasteiger partial charge >= 0.3 is 0 Å². The number of benzene rings is 1. The summed E-state index contributed by atoms with van der Waals surface area (Å²) < 4.78 is 7.50. The molecule has 6 nitrogen and oxygen atoms in total. The third-order valence-corrected chi connectivity index (χ3v) is 5.75. The molecule has 0 aliphatic carbocycles. The van der Waals surface area contributed by atoms with E-state index in [2.05, 4.69) is 33.0 Å². The number of nitrogens with zero attached hydrogens (tertiary/aromatic N) is 5. The molecule has 1 aromatic carbocycles. The van der Waals surface area contributed by atoms with E-state index < -0.39 is 0 Å². The Balaban J connectivity index is 1.39. The van der Waals surface area contributed by atoms with Crippen LogP contribution in [-0.4, -0.2) is 37.9 Å². The van der Waals surface area contributed by atoms with Gasteiger partial charge in [0.2, 0.25) is 5.16 Å². The molecule has 0 bridgehead atoms. The summed E-state index contributed by atoms with van der Waals surface area (Å²) in [5.41, 5.74) is 2.21. The summed E-state index contributed by atoms with van der Waals surface area (Å²) in [7, 11) is 0. The molecule has 8 heteroatoms. The number of thioether (sulfide) groups is 1. The van der Waals surface area contributed by atoms with Crippen molar-refractivity contribution < 1.29 is 4.74 Å². The molecule has 1 aliphatic rings. The van der Waals surface area contributed by atoms with Crippen LogP contribution in [0.15, 0.2) is 40.9 Å². The summed E-state index contributed by atoms with van der Waals surface area (Å²) in [6.07, 6.45) is 2.43. The molecule has 0 saturated carbocycles. The molecule has 1 saturated heterocycles. The SMILES string of the molecule is c1ccc(-c2nc(CSc3nnnn3CC3CCCO3)cs2)cc1. The first-order valence-electron chi connectivity index (χ1n) is 7.89. The predicted molar refractivity (Wildman–Crippen MR) is 93.9 cm³/mol. The van der Waals surface area contributed by atoms with Crippen LogP contribution in [0.4, 0.5) is 0 Å². The van der Waals surface area contributed by atoms with Crippen molar-refractivity contribution in [2.24, 2.45) is 0 Å². The van der Waals surface area contributed by atoms with E-state index in [1.165, 1.54) is 0 Å². The van der Waals surface area contributed by atoms with Crippen LogP contribution in [0.3, 0.4) is 0 Å². The molecule has 24 heavy (non-hydrogen) atoms. The minimum absolute atomic E-state index is 0.233. The Morgan fingerprint density at radius 2 is 2.21 bits per heavy atom. The fourth-order valence-corrected chi connectivity index (χ4v) is 4.33. The van der Waals surface area contributed by atoms with E-state index >= 15 is 0 Å². The topological polar surface area (TPSA) is 65.7 Å². The summed E-state index contributed by atoms with van der Waals surface area (Å²) in [6.45, 7) is 1.57. The highest BCUT2D eigenvalue weighted by Gasteiger charge is 2.19. The van der Waals surface area contributed by atoms with Crippen molar-refractivity contribution in [2.75, 3.05) is 6.61 Å². The van der Waals surface area contributed by atoms with Crippen molar-refractivity contribution in [3.63, 3.8) is 0 Å². The molecule has 1 unspecified atom stereocenters. The van der Waals surface area contributed by atoms with Gasteiger partial charge in [-0.05, 0) is 23.3 Å². The number of thiazole rings is 1. The Bertz CT molecular complexity index is 783. The Morgan fingerprint density at radius 1 is 1.29 bits per heavy atom. The second-order valence-electron chi connectivity index (χ2n) is 5.58. The lowest BCUT2D eigenvalue weighted by molar-refractivity contribution is 0.0912. The van der Waals surface area contributed by atoms with E-state index in [0.29, 0.717) is 0 Å². The first-order valence-corrected chi connectivity index (χ1v) is 9.75. The molecule has 0 amide bonds. The maximum atomic E-state index is 5.66. The van der Waals surface area contributed by atoms with Gasteiger partial charge in [0.1, 0.15) is 5.01 Å². The Hall–Kier alpha value is -1.77. The largest absolute Gasteiger partial charge is 0.376 e. The lowest BCUT2D eigenvalue weighted by Crippen LogP contribution is -2.16. The highest BCUT2D eigenvalue weighted by atomic mass is 32.2. The van der Waals surface area contributed by atoms with E-state index in [-0.39, 0.29) is 6.10 Å². The molecule has 124 valence electrons. The summed E-state index contributed by atoms with van der Waals surface area (Å²) >= 11 is 3.28. The Morgan fingerprint density at radius 3 is 3.04 bits per heavy atom. The van der Waals surface area contributed by atoms with E-state index in [1.807, 2.05) is 22.9 Å². The van der Waals surface area contributed by atoms with Gasteiger partial charge in [0.25, 0.3) is 0 Å². The quantitative estimate of drug-likeness (QED) is 0.629. The number of rotatable bonds is 6. The van der Waals surface area contributed by atoms with E-state index in [0.717, 1.165) is 53.2 Å². The monoisotopic (exact) mass is 359 g/mol. The Kier molecular flexibility index (Phi) is 4.86. The van der Waals surface area contributed by atoms with Crippen LogP contribution >= 0.6 is 23.1 Å². The summed E-state index contributed by atoms with van der Waals surface area (Å²) in [6, 6.07) is 10.2. The van der Waals surface area contributed by atoms with Gasteiger partial charge in [0.15, 0.2) is 0 Å². The van der Waals surface area contributed by atoms with Crippen LogP contribution in [0.2, 0.25) is 0 Å². The summed E-state index contributed by atoms with van der Waals surface area (Å²) in [5, 5.41) is 16.0. The average molecular weight is 359 g/mol. The highest BCUT2D eigenvalue weighted by molar-refractivity contribution is 7.98. The van der Waals surface area contributed by atoms with Crippen LogP contribution in [0, 0.1) is 0 Å². The molecule has 3 heterocycles. The highest BCUT2D eigenvalue weighted by Crippen LogP contribution is 2.27. The first kappa shape index (κ1) is 15.7. The van der Waals surface area contributed by atoms with Crippen molar-refractivity contribution in [3.8, 4) is 10.6 Å². The molecule has 2 aromatic heterocycles. The number of hydrogen-bond donors (Lipinski definition) is 0. The van der Waals surface area contributed by atoms with Gasteiger partial charge in [-0.2, -0.15) is 0 Å². The smallest absolute Gasteiger partial charge is 0.209 e. The standard InChI is InChI=1S/C16H17N5OS2/c1-2-5-12(6-3-1)15-17-13(10-23-15)11-24-16-18-19-20-21(16)9-14-7-4-8-22-14/h1-3,5-6,10,14H,4,7-9,11H2. The van der Waals surface area contributed by atoms with Gasteiger partial charge in [0, 0.05) is 23.3 Å². The molecule has 0 spiro atoms. The predicted octanol–water partition coefficient (Wildman–Crippen LogP) is 3.27. The van der Waals surface area contributed by atoms with E-state index in [9.17, 15) is 0 Å². The molecule has 1 aliphatic heterocycles. The van der Waals surface area contributed by atoms with Crippen molar-refractivity contribution >= 4 is 23.1 Å². The number of ether oxygens (including phenoxy) is 1. The zero-order valence-corrected chi connectivity index (χ0v) is 14.7. The minimum atomic E-state index is 0.233. The number of tetrazole rings is 1. The zero-order chi connectivity index (χ0) is 16.2. The lowest BCUT2D eigenvalue weighted by atomic mass is 10.2. The van der Waals surface area contributed by atoms with Crippen molar-refractivity contribution in [2.45, 2.75) is 36.4 Å². The van der Waals surface area contributed by atoms with Gasteiger partial charge in [0.05, 0.1) is 18.3 Å². The second kappa shape index (κ2) is 7.42. The second-order valence-corrected chi connectivity index (χ2v) is 7.38. The fraction of sp³-hybridized carbons (Fsp3) is 0.375. The molecular formula is C16H17N5OS2. The number of hydrogen-bond acceptors (Lipinski definition) is 7. The summed E-state index contributed by atoms with van der Waals surface area (Å²) in [4.78, 5) is 4.71. The lowest BCUT2D eigenvalue weighted by Gasteiger charge is -2.09. The zero-order valence-electron chi connectivity index (χ0n) is 13.0. The van der Waals surface area contributed by atoms with Crippen LogP contribution in [0.1, 0.15) is 18.5 Å². The van der Waals surface area contributed by atoms with Crippen molar-refractivity contribution in [1.29, 1.82) is 0 Å². The molecule has 0 radical (unpaired) electrons. The average Bonchev–Trinajstić information content (AvgIpc) is 3.37. The van der Waals surface area contributed by atoms with Crippen LogP contribution in [-0.2, 0) is 17.0 Å². The third kappa shape index (κ3) is 3.66. The van der Waals surface area contributed by atoms with Crippen LogP contribution in [0.25, 0.3) is 10.6 Å². The molecule has 4 rings (SSSR count). The maximum absolute atomic E-state index is 5.66. The van der Waals surface area contributed by atoms with Crippen LogP contribution < -0.4 is 0 Å². The third-order valence-electron chi connectivity index (χ3n) is 3.82. The van der Waals surface area contributed by atoms with Crippen molar-refractivity contribution in [3.05, 3.63) is 41.4 Å². The van der Waals surface area contributed by atoms with E-state index in [1.54, 1.807) is 23.1 Å². The minimum Gasteiger partial charge on any atom is -0.376 e. The molecule has 3 aromatic rings. The Labute approximate surface area is 148 Å². The van der Waals surface area contributed by atoms with Gasteiger partial charge < -0.3 is 4.74 Å². The molecule has 0 N–H and O–H groups in total. The molecule has 1 atom stereocenters. The van der Waals surface area contributed by atoms with Crippen LogP contribution in [0.5, 0.6) is 0 Å². The van der Waals surface area contributed by atoms with Crippen molar-refractivity contribution in [1.82, 2.24) is 25.2 Å². The number of aromatic nitrogens is 5. The normalized spacial score (nSPS) is 17.4. The maximum Gasteiger partial charge on any atom is 0.209 e. The fourth-order valence-electron chi connectivity index (χ4n) is 2.62.